The molecule has 0 saturated carbocycles. The zero-order valence-corrected chi connectivity index (χ0v) is 13.1. The largest absolute Gasteiger partial charge is 0.465 e. The number of thioether (sulfide) groups is 1. The van der Waals surface area contributed by atoms with Crippen molar-refractivity contribution in [3.8, 4) is 0 Å². The Labute approximate surface area is 124 Å². The van der Waals surface area contributed by atoms with E-state index in [1.807, 2.05) is 18.2 Å². The molecule has 0 atom stereocenters. The minimum atomic E-state index is -0.199. The summed E-state index contributed by atoms with van der Waals surface area (Å²) in [5, 5.41) is 4.07. The molecular formula is C14H20ClNO2S. The molecule has 0 amide bonds. The maximum Gasteiger partial charge on any atom is 0.316 e. The lowest BCUT2D eigenvalue weighted by Crippen LogP contribution is -2.22. The first-order valence-electron chi connectivity index (χ1n) is 6.33. The summed E-state index contributed by atoms with van der Waals surface area (Å²) in [5.41, 5.74) is 1.03. The molecule has 0 aliphatic carbocycles. The normalized spacial score (nSPS) is 10.8. The van der Waals surface area contributed by atoms with Gasteiger partial charge < -0.3 is 10.1 Å². The van der Waals surface area contributed by atoms with Crippen molar-refractivity contribution < 1.29 is 9.53 Å². The highest BCUT2D eigenvalue weighted by atomic mass is 35.5. The first-order chi connectivity index (χ1) is 9.04. The Balaban J connectivity index is 2.70. The third kappa shape index (κ3) is 5.85. The molecule has 0 aromatic heterocycles. The van der Waals surface area contributed by atoms with E-state index in [0.29, 0.717) is 24.9 Å². The zero-order chi connectivity index (χ0) is 14.3. The van der Waals surface area contributed by atoms with E-state index in [9.17, 15) is 4.79 Å². The summed E-state index contributed by atoms with van der Waals surface area (Å²) in [6.07, 6.45) is 0. The summed E-state index contributed by atoms with van der Waals surface area (Å²) in [5.74, 6) is 0.110. The smallest absolute Gasteiger partial charge is 0.316 e. The summed E-state index contributed by atoms with van der Waals surface area (Å²) in [6, 6.07) is 6.13. The van der Waals surface area contributed by atoms with Gasteiger partial charge >= 0.3 is 5.97 Å². The van der Waals surface area contributed by atoms with E-state index >= 15 is 0 Å². The van der Waals surface area contributed by atoms with Crippen molar-refractivity contribution >= 4 is 29.3 Å². The highest BCUT2D eigenvalue weighted by Gasteiger charge is 2.10. The van der Waals surface area contributed by atoms with Crippen molar-refractivity contribution in [3.05, 3.63) is 28.8 Å². The molecule has 1 aromatic rings. The fraction of sp³-hybridized carbons (Fsp3) is 0.500. The minimum absolute atomic E-state index is 0.199. The van der Waals surface area contributed by atoms with E-state index in [1.54, 1.807) is 6.92 Å². The van der Waals surface area contributed by atoms with Gasteiger partial charge in [-0.15, -0.1) is 11.8 Å². The molecule has 3 nitrogen and oxygen atoms in total. The maximum absolute atomic E-state index is 11.4. The van der Waals surface area contributed by atoms with Gasteiger partial charge in [-0.2, -0.15) is 0 Å². The van der Waals surface area contributed by atoms with Crippen LogP contribution in [0.15, 0.2) is 23.1 Å². The highest BCUT2D eigenvalue weighted by molar-refractivity contribution is 8.00. The van der Waals surface area contributed by atoms with Gasteiger partial charge in [0.1, 0.15) is 0 Å². The van der Waals surface area contributed by atoms with Gasteiger partial charge in [0.15, 0.2) is 0 Å². The van der Waals surface area contributed by atoms with Crippen LogP contribution in [0.4, 0.5) is 0 Å². The SMILES string of the molecule is CCOC(=O)CSc1cccc(Cl)c1CNC(C)C. The molecule has 1 aromatic carbocycles. The predicted octanol–water partition coefficient (Wildman–Crippen LogP) is 3.49. The number of hydrogen-bond donors (Lipinski definition) is 1. The fourth-order valence-electron chi connectivity index (χ4n) is 1.49. The van der Waals surface area contributed by atoms with E-state index in [1.165, 1.54) is 11.8 Å². The molecule has 0 aliphatic heterocycles. The first kappa shape index (κ1) is 16.3. The van der Waals surface area contributed by atoms with Crippen molar-refractivity contribution in [1.29, 1.82) is 0 Å². The third-order valence-corrected chi connectivity index (χ3v) is 3.84. The Bertz CT molecular complexity index is 424. The van der Waals surface area contributed by atoms with Crippen LogP contribution >= 0.6 is 23.4 Å². The van der Waals surface area contributed by atoms with E-state index in [2.05, 4.69) is 19.2 Å². The second kappa shape index (κ2) is 8.46. The van der Waals surface area contributed by atoms with Gasteiger partial charge in [0, 0.05) is 22.5 Å². The van der Waals surface area contributed by atoms with Crippen molar-refractivity contribution in [2.24, 2.45) is 0 Å². The molecule has 0 bridgehead atoms. The van der Waals surface area contributed by atoms with Crippen LogP contribution in [0, 0.1) is 0 Å². The van der Waals surface area contributed by atoms with Crippen LogP contribution in [0.1, 0.15) is 26.3 Å². The highest BCUT2D eigenvalue weighted by Crippen LogP contribution is 2.28. The number of ether oxygens (including phenoxy) is 1. The molecule has 0 radical (unpaired) electrons. The molecule has 0 heterocycles. The average molecular weight is 302 g/mol. The molecule has 0 spiro atoms. The van der Waals surface area contributed by atoms with Crippen molar-refractivity contribution in [2.45, 2.75) is 38.3 Å². The maximum atomic E-state index is 11.4. The van der Waals surface area contributed by atoms with Crippen LogP contribution in [-0.2, 0) is 16.1 Å². The molecule has 0 aliphatic rings. The zero-order valence-electron chi connectivity index (χ0n) is 11.5. The van der Waals surface area contributed by atoms with Crippen LogP contribution in [0.5, 0.6) is 0 Å². The third-order valence-electron chi connectivity index (χ3n) is 2.41. The summed E-state index contributed by atoms with van der Waals surface area (Å²) in [4.78, 5) is 12.4. The number of halogens is 1. The molecular weight excluding hydrogens is 282 g/mol. The van der Waals surface area contributed by atoms with Gasteiger partial charge in [0.2, 0.25) is 0 Å². The van der Waals surface area contributed by atoms with Gasteiger partial charge in [-0.1, -0.05) is 31.5 Å². The lowest BCUT2D eigenvalue weighted by Gasteiger charge is -2.13. The molecule has 19 heavy (non-hydrogen) atoms. The van der Waals surface area contributed by atoms with Crippen LogP contribution in [0.3, 0.4) is 0 Å². The van der Waals surface area contributed by atoms with Crippen LogP contribution in [-0.4, -0.2) is 24.4 Å². The Morgan fingerprint density at radius 2 is 2.21 bits per heavy atom. The van der Waals surface area contributed by atoms with Crippen LogP contribution < -0.4 is 5.32 Å². The summed E-state index contributed by atoms with van der Waals surface area (Å²) in [7, 11) is 0. The van der Waals surface area contributed by atoms with Gasteiger partial charge in [0.05, 0.1) is 12.4 Å². The predicted molar refractivity (Wildman–Crippen MR) is 80.8 cm³/mol. The molecule has 106 valence electrons. The van der Waals surface area contributed by atoms with Gasteiger partial charge in [-0.05, 0) is 24.6 Å². The molecule has 1 rings (SSSR count). The number of hydrogen-bond acceptors (Lipinski definition) is 4. The van der Waals surface area contributed by atoms with E-state index in [0.717, 1.165) is 15.5 Å². The summed E-state index contributed by atoms with van der Waals surface area (Å²) in [6.45, 7) is 7.09. The molecule has 1 N–H and O–H groups in total. The Kier molecular flexibility index (Phi) is 7.28. The summed E-state index contributed by atoms with van der Waals surface area (Å²) < 4.78 is 4.92. The number of rotatable bonds is 7. The topological polar surface area (TPSA) is 38.3 Å². The van der Waals surface area contributed by atoms with E-state index in [4.69, 9.17) is 16.3 Å². The van der Waals surface area contributed by atoms with E-state index < -0.39 is 0 Å². The van der Waals surface area contributed by atoms with Gasteiger partial charge in [-0.25, -0.2) is 0 Å². The Morgan fingerprint density at radius 1 is 1.47 bits per heavy atom. The Hall–Kier alpha value is -0.710. The second-order valence-corrected chi connectivity index (χ2v) is 5.77. The number of esters is 1. The quantitative estimate of drug-likeness (QED) is 0.618. The van der Waals surface area contributed by atoms with Crippen molar-refractivity contribution in [1.82, 2.24) is 5.32 Å². The Morgan fingerprint density at radius 3 is 2.84 bits per heavy atom. The number of carbonyl (C=O) groups excluding carboxylic acids is 1. The first-order valence-corrected chi connectivity index (χ1v) is 7.70. The standard InChI is InChI=1S/C14H20ClNO2S/c1-4-18-14(17)9-19-13-7-5-6-12(15)11(13)8-16-10(2)3/h5-7,10,16H,4,8-9H2,1-3H3. The molecule has 0 fully saturated rings. The molecule has 0 saturated heterocycles. The van der Waals surface area contributed by atoms with Gasteiger partial charge in [0.25, 0.3) is 0 Å². The molecule has 5 heteroatoms. The summed E-state index contributed by atoms with van der Waals surface area (Å²) >= 11 is 7.68. The van der Waals surface area contributed by atoms with Gasteiger partial charge in [-0.3, -0.25) is 4.79 Å². The fourth-order valence-corrected chi connectivity index (χ4v) is 2.68. The van der Waals surface area contributed by atoms with Crippen LogP contribution in [0.25, 0.3) is 0 Å². The minimum Gasteiger partial charge on any atom is -0.465 e. The number of benzene rings is 1. The lowest BCUT2D eigenvalue weighted by atomic mass is 10.2. The second-order valence-electron chi connectivity index (χ2n) is 4.35. The van der Waals surface area contributed by atoms with Crippen molar-refractivity contribution in [3.63, 3.8) is 0 Å². The number of carbonyl (C=O) groups is 1. The van der Waals surface area contributed by atoms with Crippen molar-refractivity contribution in [2.75, 3.05) is 12.4 Å². The number of nitrogens with one attached hydrogen (secondary N) is 1. The average Bonchev–Trinajstić information content (AvgIpc) is 2.35. The van der Waals surface area contributed by atoms with Crippen LogP contribution in [0.2, 0.25) is 5.02 Å². The molecule has 0 unspecified atom stereocenters. The lowest BCUT2D eigenvalue weighted by molar-refractivity contribution is -0.139. The monoisotopic (exact) mass is 301 g/mol. The van der Waals surface area contributed by atoms with E-state index in [-0.39, 0.29) is 5.97 Å².